The molecule has 1 aliphatic carbocycles. The number of rotatable bonds is 4. The van der Waals surface area contributed by atoms with E-state index in [1.54, 1.807) is 0 Å². The molecule has 0 radical (unpaired) electrons. The maximum atomic E-state index is 11.4. The van der Waals surface area contributed by atoms with Crippen LogP contribution in [0.3, 0.4) is 0 Å². The molecule has 6 heteroatoms. The van der Waals surface area contributed by atoms with Gasteiger partial charge in [0.25, 0.3) is 0 Å². The largest absolute Gasteiger partial charge is 0.394 e. The molecule has 0 aromatic rings. The zero-order valence-corrected chi connectivity index (χ0v) is 9.74. The van der Waals surface area contributed by atoms with Crippen molar-refractivity contribution >= 4 is 5.91 Å². The molecule has 1 amide bonds. The van der Waals surface area contributed by atoms with E-state index in [9.17, 15) is 15.0 Å². The number of aliphatic hydroxyl groups excluding tert-OH is 3. The van der Waals surface area contributed by atoms with Crippen molar-refractivity contribution in [3.05, 3.63) is 0 Å². The third kappa shape index (κ3) is 2.30. The second kappa shape index (κ2) is 4.89. The molecule has 0 aromatic heterocycles. The Hall–Kier alpha value is -0.690. The van der Waals surface area contributed by atoms with Gasteiger partial charge in [0.1, 0.15) is 12.2 Å². The molecule has 6 atom stereocenters. The molecule has 1 saturated carbocycles. The summed E-state index contributed by atoms with van der Waals surface area (Å²) in [5.41, 5.74) is 0. The van der Waals surface area contributed by atoms with Crippen molar-refractivity contribution in [3.8, 4) is 0 Å². The van der Waals surface area contributed by atoms with Crippen LogP contribution >= 0.6 is 0 Å². The van der Waals surface area contributed by atoms with E-state index >= 15 is 0 Å². The van der Waals surface area contributed by atoms with Gasteiger partial charge in [-0.1, -0.05) is 6.92 Å². The van der Waals surface area contributed by atoms with Crippen LogP contribution in [-0.2, 0) is 9.53 Å². The van der Waals surface area contributed by atoms with E-state index in [1.807, 2.05) is 6.92 Å². The van der Waals surface area contributed by atoms with Crippen LogP contribution in [0.25, 0.3) is 0 Å². The molecule has 1 heterocycles. The van der Waals surface area contributed by atoms with E-state index in [-0.39, 0.29) is 30.6 Å². The first-order valence-corrected chi connectivity index (χ1v) is 6.02. The van der Waals surface area contributed by atoms with Gasteiger partial charge in [-0.3, -0.25) is 4.79 Å². The fraction of sp³-hybridized carbons (Fsp3) is 0.909. The van der Waals surface area contributed by atoms with E-state index in [4.69, 9.17) is 9.84 Å². The van der Waals surface area contributed by atoms with Gasteiger partial charge < -0.3 is 25.4 Å². The topological polar surface area (TPSA) is 99.0 Å². The Balaban J connectivity index is 1.91. The summed E-state index contributed by atoms with van der Waals surface area (Å²) in [6.45, 7) is 1.58. The van der Waals surface area contributed by atoms with Gasteiger partial charge in [0.05, 0.1) is 24.9 Å². The summed E-state index contributed by atoms with van der Waals surface area (Å²) in [4.78, 5) is 11.4. The Morgan fingerprint density at radius 2 is 2.06 bits per heavy atom. The van der Waals surface area contributed by atoms with Crippen molar-refractivity contribution in [1.29, 1.82) is 0 Å². The highest BCUT2D eigenvalue weighted by atomic mass is 16.5. The summed E-state index contributed by atoms with van der Waals surface area (Å²) in [6.07, 6.45) is -1.88. The fourth-order valence-electron chi connectivity index (χ4n) is 2.43. The van der Waals surface area contributed by atoms with E-state index in [2.05, 4.69) is 5.32 Å². The molecule has 0 spiro atoms. The number of carbonyl (C=O) groups excluding carboxylic acids is 1. The van der Waals surface area contributed by atoms with Crippen molar-refractivity contribution in [2.75, 3.05) is 6.61 Å². The molecule has 2 rings (SSSR count). The van der Waals surface area contributed by atoms with Crippen molar-refractivity contribution in [2.24, 2.45) is 5.92 Å². The standard InChI is InChI=1S/C11H19NO5/c1-2-3-6(14)12-8-7-10(16)9(15)5(4-13)17-11(7)8/h5,7-11,13,15-16H,2-4H2,1H3,(H,12,14)/t5-,7-,8+,9-,10-,11+/m1/s1. The van der Waals surface area contributed by atoms with Crippen LogP contribution < -0.4 is 5.32 Å². The maximum Gasteiger partial charge on any atom is 0.220 e. The van der Waals surface area contributed by atoms with Gasteiger partial charge in [0.2, 0.25) is 5.91 Å². The first-order chi connectivity index (χ1) is 8.10. The van der Waals surface area contributed by atoms with Crippen LogP contribution in [-0.4, -0.2) is 58.3 Å². The number of fused-ring (bicyclic) bond motifs is 1. The Bertz CT molecular complexity index is 298. The van der Waals surface area contributed by atoms with Crippen molar-refractivity contribution < 1.29 is 24.9 Å². The van der Waals surface area contributed by atoms with Crippen LogP contribution in [0.4, 0.5) is 0 Å². The molecule has 17 heavy (non-hydrogen) atoms. The second-order valence-electron chi connectivity index (χ2n) is 4.72. The van der Waals surface area contributed by atoms with E-state index in [0.29, 0.717) is 6.42 Å². The van der Waals surface area contributed by atoms with Gasteiger partial charge in [-0.05, 0) is 6.42 Å². The summed E-state index contributed by atoms with van der Waals surface area (Å²) in [7, 11) is 0. The zero-order valence-electron chi connectivity index (χ0n) is 9.74. The fourth-order valence-corrected chi connectivity index (χ4v) is 2.43. The minimum atomic E-state index is -1.09. The van der Waals surface area contributed by atoms with E-state index in [1.165, 1.54) is 0 Å². The van der Waals surface area contributed by atoms with Crippen molar-refractivity contribution in [1.82, 2.24) is 5.32 Å². The zero-order chi connectivity index (χ0) is 12.6. The van der Waals surface area contributed by atoms with Crippen molar-refractivity contribution in [2.45, 2.75) is 50.2 Å². The van der Waals surface area contributed by atoms with Gasteiger partial charge in [-0.15, -0.1) is 0 Å². The number of hydrogen-bond donors (Lipinski definition) is 4. The Morgan fingerprint density at radius 1 is 1.35 bits per heavy atom. The summed E-state index contributed by atoms with van der Waals surface area (Å²) >= 11 is 0. The van der Waals surface area contributed by atoms with Crippen LogP contribution in [0.15, 0.2) is 0 Å². The monoisotopic (exact) mass is 245 g/mol. The molecule has 98 valence electrons. The van der Waals surface area contributed by atoms with Crippen LogP contribution in [0, 0.1) is 5.92 Å². The van der Waals surface area contributed by atoms with Crippen LogP contribution in [0.1, 0.15) is 19.8 Å². The summed E-state index contributed by atoms with van der Waals surface area (Å²) < 4.78 is 5.41. The number of carbonyl (C=O) groups is 1. The average molecular weight is 245 g/mol. The molecule has 0 bridgehead atoms. The lowest BCUT2D eigenvalue weighted by atomic mass is 10.0. The minimum Gasteiger partial charge on any atom is -0.394 e. The number of amides is 1. The maximum absolute atomic E-state index is 11.4. The number of aliphatic hydroxyl groups is 3. The molecule has 0 unspecified atom stereocenters. The highest BCUT2D eigenvalue weighted by Gasteiger charge is 2.62. The molecule has 4 N–H and O–H groups in total. The molecule has 2 fully saturated rings. The first-order valence-electron chi connectivity index (χ1n) is 6.02. The SMILES string of the molecule is CCCC(=O)N[C@@H]1[C@H]2O[C@H](CO)[C@@H](O)[C@H](O)[C@@H]12. The lowest BCUT2D eigenvalue weighted by Crippen LogP contribution is -2.47. The third-order valence-electron chi connectivity index (χ3n) is 3.45. The predicted molar refractivity (Wildman–Crippen MR) is 58.1 cm³/mol. The lowest BCUT2D eigenvalue weighted by Gasteiger charge is -2.29. The molecule has 1 saturated heterocycles. The Labute approximate surface area is 99.6 Å². The number of nitrogens with one attached hydrogen (secondary N) is 1. The van der Waals surface area contributed by atoms with Crippen LogP contribution in [0.5, 0.6) is 0 Å². The molecule has 2 aliphatic rings. The summed E-state index contributed by atoms with van der Waals surface area (Å²) in [5.74, 6) is -0.327. The van der Waals surface area contributed by atoms with E-state index < -0.39 is 18.3 Å². The van der Waals surface area contributed by atoms with Gasteiger partial charge in [-0.2, -0.15) is 0 Å². The van der Waals surface area contributed by atoms with E-state index in [0.717, 1.165) is 6.42 Å². The Morgan fingerprint density at radius 3 is 2.65 bits per heavy atom. The van der Waals surface area contributed by atoms with Gasteiger partial charge in [0, 0.05) is 12.3 Å². The quantitative estimate of drug-likeness (QED) is 0.477. The highest BCUT2D eigenvalue weighted by Crippen LogP contribution is 2.44. The average Bonchev–Trinajstić information content (AvgIpc) is 2.97. The Kier molecular flexibility index (Phi) is 3.67. The predicted octanol–water partition coefficient (Wildman–Crippen LogP) is -1.62. The second-order valence-corrected chi connectivity index (χ2v) is 4.72. The van der Waals surface area contributed by atoms with Crippen molar-refractivity contribution in [3.63, 3.8) is 0 Å². The first kappa shape index (κ1) is 12.8. The van der Waals surface area contributed by atoms with Gasteiger partial charge in [-0.25, -0.2) is 0 Å². The number of ether oxygens (including phenoxy) is 1. The third-order valence-corrected chi connectivity index (χ3v) is 3.45. The lowest BCUT2D eigenvalue weighted by molar-refractivity contribution is -0.152. The smallest absolute Gasteiger partial charge is 0.220 e. The molecule has 6 nitrogen and oxygen atoms in total. The molecule has 1 aliphatic heterocycles. The summed E-state index contributed by atoms with van der Waals surface area (Å²) in [5, 5.41) is 31.2. The van der Waals surface area contributed by atoms with Gasteiger partial charge >= 0.3 is 0 Å². The highest BCUT2D eigenvalue weighted by molar-refractivity contribution is 5.76. The summed E-state index contributed by atoms with van der Waals surface area (Å²) in [6, 6.07) is -0.241. The normalized spacial score (nSPS) is 44.0. The molecular formula is C11H19NO5. The molecule has 0 aromatic carbocycles. The number of hydrogen-bond acceptors (Lipinski definition) is 5. The minimum absolute atomic E-state index is 0.0715. The van der Waals surface area contributed by atoms with Gasteiger partial charge in [0.15, 0.2) is 0 Å². The molecular weight excluding hydrogens is 226 g/mol. The van der Waals surface area contributed by atoms with Crippen LogP contribution in [0.2, 0.25) is 0 Å².